The lowest BCUT2D eigenvalue weighted by atomic mass is 10.2. The van der Waals surface area contributed by atoms with Crippen LogP contribution in [0.5, 0.6) is 0 Å². The van der Waals surface area contributed by atoms with Gasteiger partial charge in [-0.25, -0.2) is 0 Å². The van der Waals surface area contributed by atoms with Crippen molar-refractivity contribution in [3.8, 4) is 18.2 Å². The molecule has 0 heterocycles. The summed E-state index contributed by atoms with van der Waals surface area (Å²) in [5.74, 6) is -0.611. The van der Waals surface area contributed by atoms with Gasteiger partial charge in [0, 0.05) is 12.7 Å². The predicted molar refractivity (Wildman–Crippen MR) is 71.7 cm³/mol. The first-order valence-electron chi connectivity index (χ1n) is 5.74. The van der Waals surface area contributed by atoms with Gasteiger partial charge in [-0.05, 0) is 12.1 Å². The maximum Gasteiger partial charge on any atom is 0.267 e. The van der Waals surface area contributed by atoms with E-state index in [0.717, 1.165) is 0 Å². The summed E-state index contributed by atoms with van der Waals surface area (Å²) in [5.41, 5.74) is 0.532. The molecule has 0 aromatic heterocycles. The summed E-state index contributed by atoms with van der Waals surface area (Å²) in [7, 11) is 0. The molecule has 0 aliphatic carbocycles. The third-order valence-corrected chi connectivity index (χ3v) is 2.29. The highest BCUT2D eigenvalue weighted by Gasteiger charge is 2.11. The molecule has 6 heteroatoms. The van der Waals surface area contributed by atoms with E-state index in [1.165, 1.54) is 6.20 Å². The number of nitrogens with zero attached hydrogens (tertiary/aromatic N) is 3. The highest BCUT2D eigenvalue weighted by molar-refractivity contribution is 6.07. The molecule has 1 rings (SSSR count). The highest BCUT2D eigenvalue weighted by Crippen LogP contribution is 2.14. The number of rotatable bonds is 5. The van der Waals surface area contributed by atoms with E-state index < -0.39 is 5.91 Å². The molecule has 1 aromatic rings. The standard InChI is InChI=1S/C14H11N5O/c15-6-3-7-18-10-12(9-17)14(20)19-13-5-2-1-4-11(13)8-16/h1-2,4-5,10,18H,3,7H2,(H,19,20)/b12-10-. The average molecular weight is 265 g/mol. The van der Waals surface area contributed by atoms with E-state index in [0.29, 0.717) is 17.8 Å². The van der Waals surface area contributed by atoms with Crippen molar-refractivity contribution < 1.29 is 4.79 Å². The molecule has 0 unspecified atom stereocenters. The average Bonchev–Trinajstić information content (AvgIpc) is 2.48. The van der Waals surface area contributed by atoms with Crippen LogP contribution in [0, 0.1) is 34.0 Å². The van der Waals surface area contributed by atoms with Crippen LogP contribution in [-0.2, 0) is 4.79 Å². The number of hydrogen-bond acceptors (Lipinski definition) is 5. The number of amides is 1. The lowest BCUT2D eigenvalue weighted by Crippen LogP contribution is -2.17. The topological polar surface area (TPSA) is 112 Å². The molecular weight excluding hydrogens is 254 g/mol. The third-order valence-electron chi connectivity index (χ3n) is 2.29. The summed E-state index contributed by atoms with van der Waals surface area (Å²) in [6, 6.07) is 12.1. The molecule has 0 aliphatic rings. The fourth-order valence-electron chi connectivity index (χ4n) is 1.33. The molecule has 1 amide bonds. The molecule has 0 saturated carbocycles. The van der Waals surface area contributed by atoms with Crippen LogP contribution < -0.4 is 10.6 Å². The van der Waals surface area contributed by atoms with Gasteiger partial charge in [0.2, 0.25) is 0 Å². The maximum atomic E-state index is 11.9. The van der Waals surface area contributed by atoms with Gasteiger partial charge in [0.1, 0.15) is 17.7 Å². The normalized spacial score (nSPS) is 9.75. The number of nitriles is 3. The van der Waals surface area contributed by atoms with Crippen molar-refractivity contribution >= 4 is 11.6 Å². The summed E-state index contributed by atoms with van der Waals surface area (Å²) < 4.78 is 0. The van der Waals surface area contributed by atoms with Crippen molar-refractivity contribution in [2.24, 2.45) is 0 Å². The van der Waals surface area contributed by atoms with Gasteiger partial charge in [-0.1, -0.05) is 12.1 Å². The molecule has 0 atom stereocenters. The first-order chi connectivity index (χ1) is 9.72. The van der Waals surface area contributed by atoms with Gasteiger partial charge in [-0.15, -0.1) is 0 Å². The number of para-hydroxylation sites is 1. The van der Waals surface area contributed by atoms with Gasteiger partial charge in [0.15, 0.2) is 0 Å². The van der Waals surface area contributed by atoms with Crippen molar-refractivity contribution in [1.82, 2.24) is 5.32 Å². The van der Waals surface area contributed by atoms with Crippen LogP contribution in [0.25, 0.3) is 0 Å². The van der Waals surface area contributed by atoms with Crippen LogP contribution in [0.3, 0.4) is 0 Å². The second-order valence-electron chi connectivity index (χ2n) is 3.64. The van der Waals surface area contributed by atoms with E-state index >= 15 is 0 Å². The number of nitrogens with one attached hydrogen (secondary N) is 2. The van der Waals surface area contributed by atoms with Crippen LogP contribution in [-0.4, -0.2) is 12.5 Å². The Morgan fingerprint density at radius 2 is 2.00 bits per heavy atom. The number of carbonyl (C=O) groups is 1. The summed E-state index contributed by atoms with van der Waals surface area (Å²) in [5, 5.41) is 31.4. The minimum Gasteiger partial charge on any atom is -0.389 e. The summed E-state index contributed by atoms with van der Waals surface area (Å²) in [4.78, 5) is 11.9. The molecule has 0 bridgehead atoms. The van der Waals surface area contributed by atoms with Gasteiger partial charge in [0.25, 0.3) is 5.91 Å². The van der Waals surface area contributed by atoms with Gasteiger partial charge < -0.3 is 10.6 Å². The molecule has 1 aromatic carbocycles. The monoisotopic (exact) mass is 265 g/mol. The lowest BCUT2D eigenvalue weighted by molar-refractivity contribution is -0.112. The zero-order valence-electron chi connectivity index (χ0n) is 10.6. The molecule has 2 N–H and O–H groups in total. The quantitative estimate of drug-likeness (QED) is 0.474. The van der Waals surface area contributed by atoms with E-state index in [1.807, 2.05) is 12.1 Å². The Kier molecular flexibility index (Phi) is 5.84. The van der Waals surface area contributed by atoms with E-state index in [1.54, 1.807) is 30.3 Å². The Balaban J connectivity index is 2.77. The Labute approximate surface area is 116 Å². The molecule has 0 spiro atoms. The summed E-state index contributed by atoms with van der Waals surface area (Å²) in [6.07, 6.45) is 1.52. The largest absolute Gasteiger partial charge is 0.389 e. The Hall–Kier alpha value is -3.30. The fraction of sp³-hybridized carbons (Fsp3) is 0.143. The molecule has 20 heavy (non-hydrogen) atoms. The van der Waals surface area contributed by atoms with Gasteiger partial charge >= 0.3 is 0 Å². The van der Waals surface area contributed by atoms with Gasteiger partial charge in [0.05, 0.1) is 23.7 Å². The van der Waals surface area contributed by atoms with E-state index in [9.17, 15) is 4.79 Å². The SMILES string of the molecule is N#CCCN/C=C(/C#N)C(=O)Nc1ccccc1C#N. The molecule has 0 fully saturated rings. The minimum absolute atomic E-state index is 0.129. The van der Waals surface area contributed by atoms with Gasteiger partial charge in [-0.2, -0.15) is 15.8 Å². The van der Waals surface area contributed by atoms with Gasteiger partial charge in [-0.3, -0.25) is 4.79 Å². The zero-order chi connectivity index (χ0) is 14.8. The second kappa shape index (κ2) is 7.92. The number of hydrogen-bond donors (Lipinski definition) is 2. The molecule has 0 aliphatic heterocycles. The molecule has 6 nitrogen and oxygen atoms in total. The Morgan fingerprint density at radius 1 is 1.25 bits per heavy atom. The first-order valence-corrected chi connectivity index (χ1v) is 5.74. The highest BCUT2D eigenvalue weighted by atomic mass is 16.1. The predicted octanol–water partition coefficient (Wildman–Crippen LogP) is 1.41. The van der Waals surface area contributed by atoms with Crippen molar-refractivity contribution in [1.29, 1.82) is 15.8 Å². The van der Waals surface area contributed by atoms with Crippen molar-refractivity contribution in [3.63, 3.8) is 0 Å². The Morgan fingerprint density at radius 3 is 2.65 bits per heavy atom. The van der Waals surface area contributed by atoms with Crippen molar-refractivity contribution in [2.45, 2.75) is 6.42 Å². The Bertz CT molecular complexity index is 643. The molecule has 98 valence electrons. The van der Waals surface area contributed by atoms with Crippen LogP contribution >= 0.6 is 0 Å². The van der Waals surface area contributed by atoms with Crippen molar-refractivity contribution in [3.05, 3.63) is 41.6 Å². The van der Waals surface area contributed by atoms with E-state index in [2.05, 4.69) is 10.6 Å². The van der Waals surface area contributed by atoms with Crippen LogP contribution in [0.4, 0.5) is 5.69 Å². The number of carbonyl (C=O) groups excluding carboxylic acids is 1. The van der Waals surface area contributed by atoms with Crippen LogP contribution in [0.1, 0.15) is 12.0 Å². The third kappa shape index (κ3) is 4.18. The minimum atomic E-state index is -0.611. The van der Waals surface area contributed by atoms with E-state index in [-0.39, 0.29) is 12.0 Å². The summed E-state index contributed by atoms with van der Waals surface area (Å²) >= 11 is 0. The van der Waals surface area contributed by atoms with Crippen LogP contribution in [0.15, 0.2) is 36.0 Å². The zero-order valence-corrected chi connectivity index (χ0v) is 10.6. The van der Waals surface area contributed by atoms with E-state index in [4.69, 9.17) is 15.8 Å². The number of anilines is 1. The smallest absolute Gasteiger partial charge is 0.267 e. The lowest BCUT2D eigenvalue weighted by Gasteiger charge is -2.06. The molecular formula is C14H11N5O. The number of benzene rings is 1. The second-order valence-corrected chi connectivity index (χ2v) is 3.64. The summed E-state index contributed by atoms with van der Waals surface area (Å²) in [6.45, 7) is 0.351. The van der Waals surface area contributed by atoms with Crippen LogP contribution in [0.2, 0.25) is 0 Å². The maximum absolute atomic E-state index is 11.9. The fourth-order valence-corrected chi connectivity index (χ4v) is 1.33. The molecule has 0 saturated heterocycles. The first kappa shape index (κ1) is 14.8. The molecule has 0 radical (unpaired) electrons. The van der Waals surface area contributed by atoms with Crippen molar-refractivity contribution in [2.75, 3.05) is 11.9 Å².